The monoisotopic (exact) mass is 724 g/mol. The van der Waals surface area contributed by atoms with Crippen molar-refractivity contribution in [1.82, 2.24) is 4.57 Å². The van der Waals surface area contributed by atoms with Gasteiger partial charge in [0.2, 0.25) is 5.75 Å². The third-order valence-corrected chi connectivity index (χ3v) is 8.76. The number of ether oxygens (including phenoxy) is 4. The van der Waals surface area contributed by atoms with E-state index in [9.17, 15) is 29.8 Å². The molecule has 0 radical (unpaired) electrons. The number of methoxy groups -OCH3 is 2. The lowest BCUT2D eigenvalue weighted by atomic mass is 9.95. The molecule has 0 saturated heterocycles. The van der Waals surface area contributed by atoms with Gasteiger partial charge >= 0.3 is 11.7 Å². The normalized spacial score (nSPS) is 14.2. The lowest BCUT2D eigenvalue weighted by molar-refractivity contribution is -0.394. The van der Waals surface area contributed by atoms with E-state index in [1.54, 1.807) is 56.3 Å². The molecular weight excluding hydrogens is 700 g/mol. The van der Waals surface area contributed by atoms with E-state index in [1.165, 1.54) is 18.8 Å². The Labute approximate surface area is 278 Å². The molecule has 0 spiro atoms. The number of fused-ring (bicyclic) bond motifs is 1. The molecule has 3 aromatic carbocycles. The molecular formula is C31H25BrN4O10S. The van der Waals surface area contributed by atoms with Gasteiger partial charge in [-0.05, 0) is 49.8 Å². The highest BCUT2D eigenvalue weighted by Crippen LogP contribution is 2.41. The first kappa shape index (κ1) is 33.0. The van der Waals surface area contributed by atoms with Crippen molar-refractivity contribution in [2.24, 2.45) is 4.99 Å². The van der Waals surface area contributed by atoms with E-state index >= 15 is 0 Å². The fraction of sp³-hybridized carbons (Fsp3) is 0.194. The summed E-state index contributed by atoms with van der Waals surface area (Å²) >= 11 is 4.64. The summed E-state index contributed by atoms with van der Waals surface area (Å²) < 4.78 is 24.3. The molecule has 14 nitrogen and oxygen atoms in total. The Bertz CT molecular complexity index is 2160. The van der Waals surface area contributed by atoms with Crippen molar-refractivity contribution >= 4 is 50.7 Å². The number of nitro benzene ring substituents is 2. The number of halogens is 1. The molecule has 5 rings (SSSR count). The number of aromatic nitrogens is 1. The number of esters is 1. The number of hydrogen-bond acceptors (Lipinski definition) is 12. The van der Waals surface area contributed by atoms with E-state index in [1.807, 2.05) is 0 Å². The number of benzene rings is 3. The van der Waals surface area contributed by atoms with Crippen molar-refractivity contribution in [3.05, 3.63) is 121 Å². The van der Waals surface area contributed by atoms with Crippen LogP contribution >= 0.6 is 27.3 Å². The van der Waals surface area contributed by atoms with Crippen molar-refractivity contribution in [3.63, 3.8) is 0 Å². The molecule has 47 heavy (non-hydrogen) atoms. The van der Waals surface area contributed by atoms with Crippen molar-refractivity contribution < 1.29 is 33.6 Å². The Morgan fingerprint density at radius 1 is 1.02 bits per heavy atom. The summed E-state index contributed by atoms with van der Waals surface area (Å²) in [4.78, 5) is 53.7. The summed E-state index contributed by atoms with van der Waals surface area (Å²) in [5.41, 5.74) is -0.129. The Balaban J connectivity index is 1.68. The number of nitrogens with zero attached hydrogens (tertiary/aromatic N) is 4. The summed E-state index contributed by atoms with van der Waals surface area (Å²) in [6.45, 7) is 3.43. The first-order valence-corrected chi connectivity index (χ1v) is 15.4. The minimum atomic E-state index is -0.962. The van der Waals surface area contributed by atoms with E-state index < -0.39 is 38.8 Å². The van der Waals surface area contributed by atoms with Gasteiger partial charge in [0, 0.05) is 16.1 Å². The predicted molar refractivity (Wildman–Crippen MR) is 174 cm³/mol. The average Bonchev–Trinajstić information content (AvgIpc) is 3.34. The van der Waals surface area contributed by atoms with Crippen LogP contribution in [0.4, 0.5) is 11.4 Å². The van der Waals surface area contributed by atoms with Gasteiger partial charge in [-0.25, -0.2) is 9.79 Å². The van der Waals surface area contributed by atoms with Crippen molar-refractivity contribution in [2.75, 3.05) is 20.8 Å². The molecule has 0 amide bonds. The first-order chi connectivity index (χ1) is 22.5. The maximum Gasteiger partial charge on any atom is 0.338 e. The number of carbonyl (C=O) groups is 1. The number of nitro groups is 2. The van der Waals surface area contributed by atoms with Crippen LogP contribution in [0.5, 0.6) is 23.0 Å². The van der Waals surface area contributed by atoms with Crippen molar-refractivity contribution in [2.45, 2.75) is 19.9 Å². The van der Waals surface area contributed by atoms with Gasteiger partial charge in [-0.1, -0.05) is 45.5 Å². The van der Waals surface area contributed by atoms with Crippen molar-refractivity contribution in [3.8, 4) is 23.0 Å². The number of carbonyl (C=O) groups excluding carboxylic acids is 1. The fourth-order valence-corrected chi connectivity index (χ4v) is 6.54. The van der Waals surface area contributed by atoms with Gasteiger partial charge in [-0.3, -0.25) is 29.6 Å². The van der Waals surface area contributed by atoms with Crippen LogP contribution in [0.25, 0.3) is 6.08 Å². The van der Waals surface area contributed by atoms with Gasteiger partial charge in [0.1, 0.15) is 5.75 Å². The van der Waals surface area contributed by atoms with Crippen LogP contribution in [0.3, 0.4) is 0 Å². The van der Waals surface area contributed by atoms with Crippen molar-refractivity contribution in [1.29, 1.82) is 0 Å². The molecule has 4 aromatic rings. The van der Waals surface area contributed by atoms with E-state index in [2.05, 4.69) is 20.9 Å². The summed E-state index contributed by atoms with van der Waals surface area (Å²) in [7, 11) is 2.96. The minimum Gasteiger partial charge on any atom is -0.493 e. The van der Waals surface area contributed by atoms with E-state index in [-0.39, 0.29) is 28.2 Å². The summed E-state index contributed by atoms with van der Waals surface area (Å²) in [5.74, 6) is 0.0859. The van der Waals surface area contributed by atoms with Crippen LogP contribution in [0, 0.1) is 20.2 Å². The molecule has 1 aliphatic rings. The molecule has 0 bridgehead atoms. The smallest absolute Gasteiger partial charge is 0.338 e. The summed E-state index contributed by atoms with van der Waals surface area (Å²) in [5, 5.41) is 22.9. The predicted octanol–water partition coefficient (Wildman–Crippen LogP) is 5.19. The Kier molecular flexibility index (Phi) is 9.53. The highest BCUT2D eigenvalue weighted by Gasteiger charge is 2.35. The number of thiazole rings is 1. The minimum absolute atomic E-state index is 0.101. The Morgan fingerprint density at radius 3 is 2.38 bits per heavy atom. The second-order valence-electron chi connectivity index (χ2n) is 9.84. The Morgan fingerprint density at radius 2 is 1.72 bits per heavy atom. The van der Waals surface area contributed by atoms with Crippen LogP contribution < -0.4 is 29.1 Å². The maximum atomic E-state index is 14.2. The summed E-state index contributed by atoms with van der Waals surface area (Å²) in [6, 6.07) is 11.9. The van der Waals surface area contributed by atoms with Gasteiger partial charge in [-0.15, -0.1) is 0 Å². The second-order valence-corrected chi connectivity index (χ2v) is 11.7. The zero-order valence-corrected chi connectivity index (χ0v) is 27.6. The SMILES string of the molecule is CCOC(=O)C1=C(C)N=c2s/c(=C/c3ccccc3Oc3ccc([N+](=O)[O-])cc3[N+](=O)[O-])c(=O)n2[C@H]1c1cc(OC)c(OC)cc1Br. The number of para-hydroxylation sites is 1. The van der Waals surface area contributed by atoms with Crippen LogP contribution in [0.2, 0.25) is 0 Å². The average molecular weight is 726 g/mol. The highest BCUT2D eigenvalue weighted by atomic mass is 79.9. The van der Waals surface area contributed by atoms with Gasteiger partial charge in [-0.2, -0.15) is 0 Å². The molecule has 2 heterocycles. The topological polar surface area (TPSA) is 175 Å². The zero-order chi connectivity index (χ0) is 34.0. The van der Waals surface area contributed by atoms with Crippen LogP contribution in [-0.4, -0.2) is 41.2 Å². The van der Waals surface area contributed by atoms with E-state index in [0.717, 1.165) is 29.5 Å². The molecule has 16 heteroatoms. The fourth-order valence-electron chi connectivity index (χ4n) is 4.97. The second kappa shape index (κ2) is 13.6. The molecule has 242 valence electrons. The quantitative estimate of drug-likeness (QED) is 0.120. The zero-order valence-electron chi connectivity index (χ0n) is 25.2. The van der Waals surface area contributed by atoms with Crippen LogP contribution in [0.15, 0.2) is 80.1 Å². The van der Waals surface area contributed by atoms with E-state index in [0.29, 0.717) is 37.6 Å². The standard InChI is InChI=1S/C31H25BrN4O10S/c1-5-45-30(38)27-16(2)33-31-34(28(27)19-14-24(43-3)25(44-4)15-20(19)32)29(37)26(47-31)12-17-8-6-7-9-22(17)46-23-11-10-18(35(39)40)13-21(23)36(41)42/h6-15,28H,5H2,1-4H3/b26-12+/t28-/m0/s1. The number of hydrogen-bond donors (Lipinski definition) is 0. The molecule has 0 unspecified atom stereocenters. The molecule has 0 aliphatic carbocycles. The number of rotatable bonds is 10. The molecule has 0 N–H and O–H groups in total. The first-order valence-electron chi connectivity index (χ1n) is 13.8. The number of allylic oxidation sites excluding steroid dienone is 1. The van der Waals surface area contributed by atoms with Gasteiger partial charge in [0.15, 0.2) is 16.3 Å². The number of non-ortho nitro benzene ring substituents is 1. The molecule has 0 fully saturated rings. The largest absolute Gasteiger partial charge is 0.493 e. The molecule has 1 aliphatic heterocycles. The third kappa shape index (κ3) is 6.37. The molecule has 1 atom stereocenters. The molecule has 0 saturated carbocycles. The summed E-state index contributed by atoms with van der Waals surface area (Å²) in [6.07, 6.45) is 1.54. The van der Waals surface area contributed by atoms with E-state index in [4.69, 9.17) is 18.9 Å². The highest BCUT2D eigenvalue weighted by molar-refractivity contribution is 9.10. The third-order valence-electron chi connectivity index (χ3n) is 7.09. The van der Waals surface area contributed by atoms with Gasteiger partial charge in [0.05, 0.1) is 58.6 Å². The van der Waals surface area contributed by atoms with Gasteiger partial charge in [0.25, 0.3) is 11.2 Å². The lowest BCUT2D eigenvalue weighted by Gasteiger charge is -2.26. The van der Waals surface area contributed by atoms with Crippen LogP contribution in [-0.2, 0) is 9.53 Å². The molecule has 1 aromatic heterocycles. The van der Waals surface area contributed by atoms with Gasteiger partial charge < -0.3 is 18.9 Å². The Hall–Kier alpha value is -5.35. The van der Waals surface area contributed by atoms with Crippen LogP contribution in [0.1, 0.15) is 31.0 Å². The lowest BCUT2D eigenvalue weighted by Crippen LogP contribution is -2.40. The maximum absolute atomic E-state index is 14.2.